The van der Waals surface area contributed by atoms with E-state index in [1.165, 1.54) is 180 Å². The number of allylic oxidation sites excluding steroid dienone is 8. The zero-order chi connectivity index (χ0) is 44.9. The van der Waals surface area contributed by atoms with E-state index < -0.39 is 6.10 Å². The third kappa shape index (κ3) is 50.5. The summed E-state index contributed by atoms with van der Waals surface area (Å²) < 4.78 is 17.4. The highest BCUT2D eigenvalue weighted by Crippen LogP contribution is 2.15. The summed E-state index contributed by atoms with van der Waals surface area (Å²) in [7, 11) is 0. The van der Waals surface area contributed by atoms with Gasteiger partial charge in [0.15, 0.2) is 6.10 Å². The van der Waals surface area contributed by atoms with Crippen LogP contribution in [0.3, 0.4) is 0 Å². The van der Waals surface area contributed by atoms with Crippen LogP contribution in [0.15, 0.2) is 48.6 Å². The number of hydrogen-bond donors (Lipinski definition) is 0. The molecule has 0 amide bonds. The van der Waals surface area contributed by atoms with Crippen molar-refractivity contribution in [3.63, 3.8) is 0 Å². The molecule has 5 nitrogen and oxygen atoms in total. The van der Waals surface area contributed by atoms with Crippen LogP contribution in [-0.4, -0.2) is 37.9 Å². The summed E-state index contributed by atoms with van der Waals surface area (Å²) in [6.45, 7) is 7.79. The van der Waals surface area contributed by atoms with Gasteiger partial charge in [0.2, 0.25) is 0 Å². The summed E-state index contributed by atoms with van der Waals surface area (Å²) in [4.78, 5) is 25.4. The van der Waals surface area contributed by atoms with E-state index in [0.29, 0.717) is 19.4 Å². The number of unbranched alkanes of at least 4 members (excludes halogenated alkanes) is 31. The van der Waals surface area contributed by atoms with Crippen molar-refractivity contribution in [2.75, 3.05) is 19.8 Å². The fourth-order valence-corrected chi connectivity index (χ4v) is 7.75. The topological polar surface area (TPSA) is 61.8 Å². The summed E-state index contributed by atoms with van der Waals surface area (Å²) in [6, 6.07) is 0. The summed E-state index contributed by atoms with van der Waals surface area (Å²) in [5.74, 6) is -0.402. The molecule has 0 spiro atoms. The van der Waals surface area contributed by atoms with Gasteiger partial charge in [0.05, 0.1) is 6.61 Å². The van der Waals surface area contributed by atoms with Gasteiger partial charge in [0, 0.05) is 19.4 Å². The van der Waals surface area contributed by atoms with Crippen molar-refractivity contribution >= 4 is 11.9 Å². The molecule has 362 valence electrons. The van der Waals surface area contributed by atoms with Crippen molar-refractivity contribution < 1.29 is 23.8 Å². The lowest BCUT2D eigenvalue weighted by atomic mass is 10.1. The summed E-state index contributed by atoms with van der Waals surface area (Å²) in [5, 5.41) is 0. The fraction of sp³-hybridized carbons (Fsp3) is 0.825. The van der Waals surface area contributed by atoms with Gasteiger partial charge in [-0.3, -0.25) is 9.59 Å². The third-order valence-electron chi connectivity index (χ3n) is 11.8. The standard InChI is InChI=1S/C57H104O5/c1-4-7-10-13-16-19-22-24-26-27-28-29-30-32-34-37-40-43-46-49-52-60-53-55(62-57(59)51-48-45-42-39-35-21-18-15-12-9-6-3)54-61-56(58)50-47-44-41-38-36-33-31-25-23-20-17-14-11-8-5-2/h16,19,24-26,28-29,31,55H,4-15,17-18,20-23,27,30,32-54H2,1-3H3/b19-16-,26-24-,29-28-,31-25-. The van der Waals surface area contributed by atoms with Crippen LogP contribution in [-0.2, 0) is 23.8 Å². The van der Waals surface area contributed by atoms with Crippen molar-refractivity contribution in [1.29, 1.82) is 0 Å². The number of carbonyl (C=O) groups is 2. The molecule has 0 bridgehead atoms. The average Bonchev–Trinajstić information content (AvgIpc) is 3.27. The Morgan fingerprint density at radius 3 is 1.13 bits per heavy atom. The molecule has 0 heterocycles. The van der Waals surface area contributed by atoms with E-state index in [0.717, 1.165) is 64.2 Å². The van der Waals surface area contributed by atoms with E-state index in [-0.39, 0.29) is 25.2 Å². The smallest absolute Gasteiger partial charge is 0.306 e. The maximum atomic E-state index is 12.8. The highest BCUT2D eigenvalue weighted by atomic mass is 16.6. The molecule has 0 fully saturated rings. The first-order valence-corrected chi connectivity index (χ1v) is 27.2. The minimum Gasteiger partial charge on any atom is -0.462 e. The molecule has 62 heavy (non-hydrogen) atoms. The zero-order valence-corrected chi connectivity index (χ0v) is 41.6. The van der Waals surface area contributed by atoms with Gasteiger partial charge < -0.3 is 14.2 Å². The van der Waals surface area contributed by atoms with Crippen LogP contribution in [0, 0.1) is 0 Å². The van der Waals surface area contributed by atoms with Gasteiger partial charge >= 0.3 is 11.9 Å². The van der Waals surface area contributed by atoms with Gasteiger partial charge in [-0.2, -0.15) is 0 Å². The first kappa shape index (κ1) is 59.9. The SMILES string of the molecule is CCCCC/C=C\C/C=C\C/C=C\CCCCCCCCCOCC(COC(=O)CCCCCCC/C=C\CCCCCCCC)OC(=O)CCCCCCCCCCCCC. The Kier molecular flexibility index (Phi) is 51.4. The first-order chi connectivity index (χ1) is 30.6. The molecule has 0 saturated heterocycles. The van der Waals surface area contributed by atoms with Gasteiger partial charge in [-0.15, -0.1) is 0 Å². The molecule has 0 aromatic carbocycles. The Labute approximate surface area is 386 Å². The summed E-state index contributed by atoms with van der Waals surface area (Å²) in [6.07, 6.45) is 65.5. The lowest BCUT2D eigenvalue weighted by Crippen LogP contribution is -2.30. The van der Waals surface area contributed by atoms with Crippen molar-refractivity contribution in [2.24, 2.45) is 0 Å². The van der Waals surface area contributed by atoms with E-state index in [1.54, 1.807) is 0 Å². The third-order valence-corrected chi connectivity index (χ3v) is 11.8. The second-order valence-corrected chi connectivity index (χ2v) is 18.1. The maximum absolute atomic E-state index is 12.8. The zero-order valence-electron chi connectivity index (χ0n) is 41.6. The fourth-order valence-electron chi connectivity index (χ4n) is 7.75. The number of rotatable bonds is 50. The number of hydrogen-bond acceptors (Lipinski definition) is 5. The predicted molar refractivity (Wildman–Crippen MR) is 270 cm³/mol. The summed E-state index contributed by atoms with van der Waals surface area (Å²) >= 11 is 0. The molecule has 0 aliphatic carbocycles. The van der Waals surface area contributed by atoms with Crippen molar-refractivity contribution in [3.8, 4) is 0 Å². The van der Waals surface area contributed by atoms with Gasteiger partial charge in [-0.25, -0.2) is 0 Å². The normalized spacial score (nSPS) is 12.5. The van der Waals surface area contributed by atoms with Crippen molar-refractivity contribution in [3.05, 3.63) is 48.6 Å². The Bertz CT molecular complexity index is 1030. The monoisotopic (exact) mass is 869 g/mol. The van der Waals surface area contributed by atoms with Crippen LogP contribution < -0.4 is 0 Å². The van der Waals surface area contributed by atoms with Gasteiger partial charge in [0.1, 0.15) is 6.61 Å². The molecule has 0 rings (SSSR count). The predicted octanol–water partition coefficient (Wildman–Crippen LogP) is 18.3. The van der Waals surface area contributed by atoms with Gasteiger partial charge in [-0.1, -0.05) is 230 Å². The van der Waals surface area contributed by atoms with Crippen LogP contribution >= 0.6 is 0 Å². The van der Waals surface area contributed by atoms with E-state index in [9.17, 15) is 9.59 Å². The number of esters is 2. The Balaban J connectivity index is 4.23. The van der Waals surface area contributed by atoms with Crippen molar-refractivity contribution in [2.45, 2.75) is 284 Å². The second-order valence-electron chi connectivity index (χ2n) is 18.1. The Morgan fingerprint density at radius 2 is 0.677 bits per heavy atom. The van der Waals surface area contributed by atoms with E-state index in [1.807, 2.05) is 0 Å². The molecular weight excluding hydrogens is 765 g/mol. The van der Waals surface area contributed by atoms with Crippen LogP contribution in [0.2, 0.25) is 0 Å². The Hall–Kier alpha value is -2.14. The molecule has 1 unspecified atom stereocenters. The lowest BCUT2D eigenvalue weighted by molar-refractivity contribution is -0.163. The minimum absolute atomic E-state index is 0.0800. The van der Waals surface area contributed by atoms with Gasteiger partial charge in [0.25, 0.3) is 0 Å². The molecule has 0 N–H and O–H groups in total. The van der Waals surface area contributed by atoms with Crippen LogP contribution in [0.4, 0.5) is 0 Å². The molecule has 5 heteroatoms. The largest absolute Gasteiger partial charge is 0.462 e. The first-order valence-electron chi connectivity index (χ1n) is 27.2. The highest BCUT2D eigenvalue weighted by molar-refractivity contribution is 5.70. The average molecular weight is 869 g/mol. The number of carbonyl (C=O) groups excluding carboxylic acids is 2. The van der Waals surface area contributed by atoms with E-state index >= 15 is 0 Å². The molecule has 0 aromatic rings. The molecule has 0 aliphatic heterocycles. The highest BCUT2D eigenvalue weighted by Gasteiger charge is 2.17. The van der Waals surface area contributed by atoms with Crippen LogP contribution in [0.25, 0.3) is 0 Å². The van der Waals surface area contributed by atoms with Crippen LogP contribution in [0.5, 0.6) is 0 Å². The lowest BCUT2D eigenvalue weighted by Gasteiger charge is -2.18. The van der Waals surface area contributed by atoms with Crippen LogP contribution in [0.1, 0.15) is 278 Å². The molecule has 1 atom stereocenters. The second kappa shape index (κ2) is 53.2. The minimum atomic E-state index is -0.541. The Morgan fingerprint density at radius 1 is 0.355 bits per heavy atom. The molecular formula is C57H104O5. The van der Waals surface area contributed by atoms with E-state index in [4.69, 9.17) is 14.2 Å². The molecule has 0 saturated carbocycles. The summed E-state index contributed by atoms with van der Waals surface area (Å²) in [5.41, 5.74) is 0. The molecule has 0 aromatic heterocycles. The quantitative estimate of drug-likeness (QED) is 0.0346. The molecule has 0 radical (unpaired) electrons. The van der Waals surface area contributed by atoms with Gasteiger partial charge in [-0.05, 0) is 83.5 Å². The number of ether oxygens (including phenoxy) is 3. The maximum Gasteiger partial charge on any atom is 0.306 e. The van der Waals surface area contributed by atoms with Crippen molar-refractivity contribution in [1.82, 2.24) is 0 Å². The molecule has 0 aliphatic rings. The van der Waals surface area contributed by atoms with E-state index in [2.05, 4.69) is 69.4 Å².